The molecule has 0 atom stereocenters. The van der Waals surface area contributed by atoms with E-state index < -0.39 is 5.97 Å². The van der Waals surface area contributed by atoms with Crippen LogP contribution < -0.4 is 0 Å². The molecule has 0 fully saturated rings. The van der Waals surface area contributed by atoms with Gasteiger partial charge in [0.25, 0.3) is 0 Å². The van der Waals surface area contributed by atoms with Crippen LogP contribution in [0.1, 0.15) is 71.1 Å². The van der Waals surface area contributed by atoms with Crippen LogP contribution in [0.3, 0.4) is 0 Å². The van der Waals surface area contributed by atoms with Gasteiger partial charge in [-0.2, -0.15) is 0 Å². The van der Waals surface area contributed by atoms with Gasteiger partial charge in [0.1, 0.15) is 6.61 Å². The van der Waals surface area contributed by atoms with Crippen molar-refractivity contribution in [3.05, 3.63) is 0 Å². The zero-order valence-corrected chi connectivity index (χ0v) is 18.5. The highest BCUT2D eigenvalue weighted by Gasteiger charge is 1.97. The third-order valence-electron chi connectivity index (χ3n) is 4.36. The lowest BCUT2D eigenvalue weighted by molar-refractivity contribution is -0.142. The first-order chi connectivity index (χ1) is 14.3. The smallest absolute Gasteiger partial charge is 0.329 e. The first-order valence-corrected chi connectivity index (χ1v) is 11.4. The highest BCUT2D eigenvalue weighted by molar-refractivity contribution is 5.67. The second-order valence-corrected chi connectivity index (χ2v) is 7.08. The molecule has 0 aliphatic carbocycles. The van der Waals surface area contributed by atoms with Crippen LogP contribution in [-0.2, 0) is 28.5 Å². The largest absolute Gasteiger partial charge is 0.480 e. The van der Waals surface area contributed by atoms with E-state index in [-0.39, 0.29) is 13.2 Å². The summed E-state index contributed by atoms with van der Waals surface area (Å²) >= 11 is 0. The van der Waals surface area contributed by atoms with Crippen molar-refractivity contribution in [1.82, 2.24) is 0 Å². The molecule has 0 aromatic heterocycles. The summed E-state index contributed by atoms with van der Waals surface area (Å²) in [5, 5.41) is 8.39. The maximum Gasteiger partial charge on any atom is 0.329 e. The Labute approximate surface area is 177 Å². The van der Waals surface area contributed by atoms with Gasteiger partial charge in [-0.1, -0.05) is 64.7 Å². The molecule has 0 saturated carbocycles. The topological polar surface area (TPSA) is 83.5 Å². The van der Waals surface area contributed by atoms with E-state index in [1.807, 2.05) is 0 Å². The van der Waals surface area contributed by atoms with Gasteiger partial charge in [-0.15, -0.1) is 0 Å². The van der Waals surface area contributed by atoms with Crippen molar-refractivity contribution >= 4 is 5.97 Å². The third-order valence-corrected chi connectivity index (χ3v) is 4.36. The van der Waals surface area contributed by atoms with E-state index in [0.29, 0.717) is 46.2 Å². The zero-order chi connectivity index (χ0) is 21.3. The quantitative estimate of drug-likeness (QED) is 0.223. The molecule has 0 rings (SSSR count). The molecule has 0 aliphatic rings. The number of rotatable bonds is 25. The highest BCUT2D eigenvalue weighted by atomic mass is 16.6. The van der Waals surface area contributed by atoms with Crippen LogP contribution >= 0.6 is 0 Å². The zero-order valence-electron chi connectivity index (χ0n) is 18.5. The molecule has 0 aromatic carbocycles. The Hall–Kier alpha value is -0.730. The van der Waals surface area contributed by atoms with Gasteiger partial charge < -0.3 is 28.8 Å². The van der Waals surface area contributed by atoms with E-state index in [0.717, 1.165) is 13.0 Å². The van der Waals surface area contributed by atoms with E-state index in [1.54, 1.807) is 0 Å². The van der Waals surface area contributed by atoms with Crippen molar-refractivity contribution in [2.75, 3.05) is 66.1 Å². The van der Waals surface area contributed by atoms with Crippen LogP contribution in [-0.4, -0.2) is 77.1 Å². The summed E-state index contributed by atoms with van der Waals surface area (Å²) in [5.41, 5.74) is 0. The lowest BCUT2D eigenvalue weighted by Crippen LogP contribution is -2.14. The van der Waals surface area contributed by atoms with Crippen LogP contribution in [0, 0.1) is 0 Å². The summed E-state index contributed by atoms with van der Waals surface area (Å²) in [6.45, 7) is 6.67. The first kappa shape index (κ1) is 28.3. The van der Waals surface area contributed by atoms with Crippen LogP contribution in [0.25, 0.3) is 0 Å². The predicted octanol–water partition coefficient (Wildman–Crippen LogP) is 4.07. The van der Waals surface area contributed by atoms with Crippen molar-refractivity contribution in [2.24, 2.45) is 0 Å². The van der Waals surface area contributed by atoms with Gasteiger partial charge in [0.15, 0.2) is 0 Å². The lowest BCUT2D eigenvalue weighted by Gasteiger charge is -2.07. The van der Waals surface area contributed by atoms with Crippen molar-refractivity contribution in [3.8, 4) is 0 Å². The number of hydrogen-bond acceptors (Lipinski definition) is 6. The summed E-state index contributed by atoms with van der Waals surface area (Å²) in [6, 6.07) is 0. The summed E-state index contributed by atoms with van der Waals surface area (Å²) in [7, 11) is 0. The Morgan fingerprint density at radius 2 is 0.862 bits per heavy atom. The molecule has 1 N–H and O–H groups in total. The Morgan fingerprint density at radius 1 is 0.517 bits per heavy atom. The molecule has 0 bridgehead atoms. The highest BCUT2D eigenvalue weighted by Crippen LogP contribution is 2.10. The van der Waals surface area contributed by atoms with Crippen LogP contribution in [0.4, 0.5) is 0 Å². The Kier molecular flexibility index (Phi) is 24.7. The SMILES string of the molecule is CCCCCCCCCCCCOCCOCCOCCOCCOCC(=O)O. The van der Waals surface area contributed by atoms with E-state index in [1.165, 1.54) is 57.8 Å². The minimum Gasteiger partial charge on any atom is -0.480 e. The van der Waals surface area contributed by atoms with Gasteiger partial charge in [0.2, 0.25) is 0 Å². The minimum atomic E-state index is -0.975. The Morgan fingerprint density at radius 3 is 1.28 bits per heavy atom. The maximum absolute atomic E-state index is 10.2. The van der Waals surface area contributed by atoms with Crippen LogP contribution in [0.5, 0.6) is 0 Å². The number of hydrogen-bond donors (Lipinski definition) is 1. The third kappa shape index (κ3) is 27.3. The van der Waals surface area contributed by atoms with Gasteiger partial charge in [0, 0.05) is 6.61 Å². The van der Waals surface area contributed by atoms with E-state index >= 15 is 0 Å². The van der Waals surface area contributed by atoms with Gasteiger partial charge in [-0.3, -0.25) is 0 Å². The molecule has 0 amide bonds. The average Bonchev–Trinajstić information content (AvgIpc) is 2.71. The molecule has 0 radical (unpaired) electrons. The standard InChI is InChI=1S/C22H44O7/c1-2-3-4-5-6-7-8-9-10-11-12-25-13-14-26-15-16-27-17-18-28-19-20-29-21-22(23)24/h2-21H2,1H3,(H,23,24). The number of carboxylic acids is 1. The Balaban J connectivity index is 2.99. The van der Waals surface area contributed by atoms with Crippen LogP contribution in [0.2, 0.25) is 0 Å². The van der Waals surface area contributed by atoms with E-state index in [4.69, 9.17) is 28.8 Å². The molecular weight excluding hydrogens is 376 g/mol. The van der Waals surface area contributed by atoms with Gasteiger partial charge in [-0.05, 0) is 6.42 Å². The molecule has 0 aromatic rings. The molecule has 0 aliphatic heterocycles. The number of carboxylic acid groups (broad SMARTS) is 1. The Bertz CT molecular complexity index is 326. The molecule has 0 spiro atoms. The number of unbranched alkanes of at least 4 members (excludes halogenated alkanes) is 9. The van der Waals surface area contributed by atoms with Crippen molar-refractivity contribution in [3.63, 3.8) is 0 Å². The first-order valence-electron chi connectivity index (χ1n) is 11.4. The molecule has 29 heavy (non-hydrogen) atoms. The molecule has 174 valence electrons. The molecular formula is C22H44O7. The van der Waals surface area contributed by atoms with E-state index in [9.17, 15) is 4.79 Å². The normalized spacial score (nSPS) is 11.2. The second kappa shape index (κ2) is 25.3. The summed E-state index contributed by atoms with van der Waals surface area (Å²) < 4.78 is 26.5. The average molecular weight is 421 g/mol. The van der Waals surface area contributed by atoms with Gasteiger partial charge in [-0.25, -0.2) is 4.79 Å². The van der Waals surface area contributed by atoms with Crippen molar-refractivity contribution < 1.29 is 33.6 Å². The maximum atomic E-state index is 10.2. The fourth-order valence-electron chi connectivity index (χ4n) is 2.73. The van der Waals surface area contributed by atoms with Crippen LogP contribution in [0.15, 0.2) is 0 Å². The number of aliphatic carboxylic acids is 1. The molecule has 0 saturated heterocycles. The van der Waals surface area contributed by atoms with Gasteiger partial charge in [0.05, 0.1) is 52.9 Å². The predicted molar refractivity (Wildman–Crippen MR) is 114 cm³/mol. The number of ether oxygens (including phenoxy) is 5. The van der Waals surface area contributed by atoms with Gasteiger partial charge >= 0.3 is 5.97 Å². The molecule has 0 unspecified atom stereocenters. The lowest BCUT2D eigenvalue weighted by atomic mass is 10.1. The fraction of sp³-hybridized carbons (Fsp3) is 0.955. The van der Waals surface area contributed by atoms with Crippen molar-refractivity contribution in [2.45, 2.75) is 71.1 Å². The second-order valence-electron chi connectivity index (χ2n) is 7.08. The fourth-order valence-corrected chi connectivity index (χ4v) is 2.73. The van der Waals surface area contributed by atoms with E-state index in [2.05, 4.69) is 6.92 Å². The molecule has 7 heteroatoms. The summed E-state index contributed by atoms with van der Waals surface area (Å²) in [5.74, 6) is -0.975. The summed E-state index contributed by atoms with van der Waals surface area (Å²) in [4.78, 5) is 10.2. The monoisotopic (exact) mass is 420 g/mol. The van der Waals surface area contributed by atoms with Crippen molar-refractivity contribution in [1.29, 1.82) is 0 Å². The molecule has 7 nitrogen and oxygen atoms in total. The molecule has 0 heterocycles. The summed E-state index contributed by atoms with van der Waals surface area (Å²) in [6.07, 6.45) is 13.4. The minimum absolute atomic E-state index is 0.272. The number of carbonyl (C=O) groups is 1.